The molecule has 0 N–H and O–H groups in total. The number of hydrogen-bond acceptors (Lipinski definition) is 2. The van der Waals surface area contributed by atoms with Crippen LogP contribution in [0.15, 0.2) is 42.5 Å². The van der Waals surface area contributed by atoms with Gasteiger partial charge in [0.2, 0.25) is 0 Å². The lowest BCUT2D eigenvalue weighted by molar-refractivity contribution is 0.112. The van der Waals surface area contributed by atoms with Crippen molar-refractivity contribution in [1.29, 1.82) is 0 Å². The van der Waals surface area contributed by atoms with Crippen LogP contribution in [0.25, 0.3) is 11.1 Å². The van der Waals surface area contributed by atoms with Gasteiger partial charge in [-0.25, -0.2) is 0 Å². The van der Waals surface area contributed by atoms with Crippen molar-refractivity contribution in [2.45, 2.75) is 13.3 Å². The fraction of sp³-hybridized carbons (Fsp3) is 0.188. The van der Waals surface area contributed by atoms with Crippen LogP contribution in [0, 0.1) is 0 Å². The van der Waals surface area contributed by atoms with Gasteiger partial charge in [0.25, 0.3) is 0 Å². The molecule has 0 bridgehead atoms. The van der Waals surface area contributed by atoms with Gasteiger partial charge in [0.1, 0.15) is 5.75 Å². The summed E-state index contributed by atoms with van der Waals surface area (Å²) >= 11 is 5.98. The zero-order valence-corrected chi connectivity index (χ0v) is 11.5. The summed E-state index contributed by atoms with van der Waals surface area (Å²) in [6, 6.07) is 12.9. The normalized spacial score (nSPS) is 10.2. The minimum Gasteiger partial charge on any atom is -0.494 e. The van der Waals surface area contributed by atoms with Crippen LogP contribution in [-0.2, 0) is 0 Å². The molecule has 0 aliphatic rings. The predicted octanol–water partition coefficient (Wildman–Crippen LogP) is 4.61. The Morgan fingerprint density at radius 1 is 1.16 bits per heavy atom. The van der Waals surface area contributed by atoms with E-state index in [0.717, 1.165) is 29.6 Å². The van der Waals surface area contributed by atoms with E-state index in [0.29, 0.717) is 17.2 Å². The van der Waals surface area contributed by atoms with Crippen molar-refractivity contribution in [1.82, 2.24) is 0 Å². The highest BCUT2D eigenvalue weighted by Crippen LogP contribution is 2.27. The lowest BCUT2D eigenvalue weighted by Crippen LogP contribution is -1.94. The summed E-state index contributed by atoms with van der Waals surface area (Å²) < 4.78 is 5.53. The highest BCUT2D eigenvalue weighted by molar-refractivity contribution is 6.31. The van der Waals surface area contributed by atoms with E-state index in [1.54, 1.807) is 18.2 Å². The summed E-state index contributed by atoms with van der Waals surface area (Å²) in [5.74, 6) is 0.834. The molecule has 19 heavy (non-hydrogen) atoms. The monoisotopic (exact) mass is 274 g/mol. The Labute approximate surface area is 118 Å². The van der Waals surface area contributed by atoms with Crippen molar-refractivity contribution < 1.29 is 9.53 Å². The third-order valence-corrected chi connectivity index (χ3v) is 3.02. The standard InChI is InChI=1S/C16H15ClO2/c1-2-9-19-15-7-4-12(5-8-15)16-10-14(17)6-3-13(16)11-18/h3-8,10-11H,2,9H2,1H3. The minimum atomic E-state index is 0.618. The second kappa shape index (κ2) is 6.39. The molecule has 0 fully saturated rings. The number of rotatable bonds is 5. The first-order valence-electron chi connectivity index (χ1n) is 6.22. The fourth-order valence-electron chi connectivity index (χ4n) is 1.83. The topological polar surface area (TPSA) is 26.3 Å². The maximum Gasteiger partial charge on any atom is 0.150 e. The highest BCUT2D eigenvalue weighted by atomic mass is 35.5. The molecule has 2 rings (SSSR count). The molecule has 0 aromatic heterocycles. The number of hydrogen-bond donors (Lipinski definition) is 0. The molecule has 2 aromatic rings. The lowest BCUT2D eigenvalue weighted by Gasteiger charge is -2.08. The minimum absolute atomic E-state index is 0.618. The molecule has 0 radical (unpaired) electrons. The average molecular weight is 275 g/mol. The molecule has 0 saturated heterocycles. The van der Waals surface area contributed by atoms with Crippen LogP contribution in [0.5, 0.6) is 5.75 Å². The van der Waals surface area contributed by atoms with Gasteiger partial charge in [-0.05, 0) is 47.9 Å². The molecule has 98 valence electrons. The van der Waals surface area contributed by atoms with Gasteiger partial charge in [-0.2, -0.15) is 0 Å². The van der Waals surface area contributed by atoms with E-state index in [2.05, 4.69) is 6.92 Å². The molecule has 2 aromatic carbocycles. The Morgan fingerprint density at radius 2 is 1.89 bits per heavy atom. The number of carbonyl (C=O) groups excluding carboxylic acids is 1. The molecule has 0 aliphatic carbocycles. The first-order chi connectivity index (χ1) is 9.24. The van der Waals surface area contributed by atoms with Crippen molar-refractivity contribution in [3.8, 4) is 16.9 Å². The number of halogens is 1. The Kier molecular flexibility index (Phi) is 4.58. The Hall–Kier alpha value is -1.80. The molecule has 0 heterocycles. The van der Waals surface area contributed by atoms with Gasteiger partial charge in [0, 0.05) is 10.6 Å². The van der Waals surface area contributed by atoms with Crippen LogP contribution in [0.4, 0.5) is 0 Å². The number of aldehydes is 1. The zero-order valence-electron chi connectivity index (χ0n) is 10.7. The Balaban J connectivity index is 2.31. The third kappa shape index (κ3) is 3.36. The molecule has 0 atom stereocenters. The number of benzene rings is 2. The van der Waals surface area contributed by atoms with Gasteiger partial charge >= 0.3 is 0 Å². The van der Waals surface area contributed by atoms with Gasteiger partial charge in [-0.15, -0.1) is 0 Å². The molecule has 0 unspecified atom stereocenters. The second-order valence-corrected chi connectivity index (χ2v) is 4.66. The second-order valence-electron chi connectivity index (χ2n) is 4.22. The number of ether oxygens (including phenoxy) is 1. The largest absolute Gasteiger partial charge is 0.494 e. The van der Waals surface area contributed by atoms with Gasteiger partial charge in [0.15, 0.2) is 6.29 Å². The van der Waals surface area contributed by atoms with Gasteiger partial charge in [-0.1, -0.05) is 30.7 Å². The van der Waals surface area contributed by atoms with E-state index in [4.69, 9.17) is 16.3 Å². The SMILES string of the molecule is CCCOc1ccc(-c2cc(Cl)ccc2C=O)cc1. The maximum absolute atomic E-state index is 11.1. The van der Waals surface area contributed by atoms with Gasteiger partial charge in [-0.3, -0.25) is 4.79 Å². The van der Waals surface area contributed by atoms with Gasteiger partial charge in [0.05, 0.1) is 6.61 Å². The summed E-state index contributed by atoms with van der Waals surface area (Å²) in [6.07, 6.45) is 1.82. The van der Waals surface area contributed by atoms with E-state index in [-0.39, 0.29) is 0 Å². The molecule has 0 spiro atoms. The summed E-state index contributed by atoms with van der Waals surface area (Å²) in [6.45, 7) is 2.77. The van der Waals surface area contributed by atoms with E-state index >= 15 is 0 Å². The van der Waals surface area contributed by atoms with Crippen LogP contribution in [0.1, 0.15) is 23.7 Å². The van der Waals surface area contributed by atoms with Crippen molar-refractivity contribution in [2.24, 2.45) is 0 Å². The summed E-state index contributed by atoms with van der Waals surface area (Å²) in [5, 5.41) is 0.618. The smallest absolute Gasteiger partial charge is 0.150 e. The van der Waals surface area contributed by atoms with Crippen molar-refractivity contribution in [3.63, 3.8) is 0 Å². The van der Waals surface area contributed by atoms with Crippen LogP contribution in [0.3, 0.4) is 0 Å². The molecule has 2 nitrogen and oxygen atoms in total. The summed E-state index contributed by atoms with van der Waals surface area (Å²) in [5.41, 5.74) is 2.42. The quantitative estimate of drug-likeness (QED) is 0.744. The van der Waals surface area contributed by atoms with Crippen molar-refractivity contribution in [2.75, 3.05) is 6.61 Å². The molecular formula is C16H15ClO2. The van der Waals surface area contributed by atoms with Gasteiger partial charge < -0.3 is 4.74 Å². The first-order valence-corrected chi connectivity index (χ1v) is 6.60. The van der Waals surface area contributed by atoms with E-state index in [1.807, 2.05) is 24.3 Å². The van der Waals surface area contributed by atoms with E-state index in [1.165, 1.54) is 0 Å². The van der Waals surface area contributed by atoms with Crippen LogP contribution >= 0.6 is 11.6 Å². The molecule has 3 heteroatoms. The maximum atomic E-state index is 11.1. The average Bonchev–Trinajstić information content (AvgIpc) is 2.45. The van der Waals surface area contributed by atoms with E-state index in [9.17, 15) is 4.79 Å². The fourth-order valence-corrected chi connectivity index (χ4v) is 2.00. The first kappa shape index (κ1) is 13.6. The summed E-state index contributed by atoms with van der Waals surface area (Å²) in [4.78, 5) is 11.1. The molecular weight excluding hydrogens is 260 g/mol. The zero-order chi connectivity index (χ0) is 13.7. The highest BCUT2D eigenvalue weighted by Gasteiger charge is 2.05. The van der Waals surface area contributed by atoms with Crippen molar-refractivity contribution in [3.05, 3.63) is 53.1 Å². The van der Waals surface area contributed by atoms with Crippen LogP contribution < -0.4 is 4.74 Å². The van der Waals surface area contributed by atoms with Crippen LogP contribution in [0.2, 0.25) is 5.02 Å². The Bertz CT molecular complexity index is 561. The van der Waals surface area contributed by atoms with E-state index < -0.39 is 0 Å². The Morgan fingerprint density at radius 3 is 2.53 bits per heavy atom. The van der Waals surface area contributed by atoms with Crippen molar-refractivity contribution >= 4 is 17.9 Å². The lowest BCUT2D eigenvalue weighted by atomic mass is 10.0. The third-order valence-electron chi connectivity index (χ3n) is 2.78. The molecule has 0 amide bonds. The molecule has 0 saturated carbocycles. The molecule has 0 aliphatic heterocycles. The predicted molar refractivity (Wildman–Crippen MR) is 78.1 cm³/mol. The summed E-state index contributed by atoms with van der Waals surface area (Å²) in [7, 11) is 0. The number of carbonyl (C=O) groups is 1. The van der Waals surface area contributed by atoms with Crippen LogP contribution in [-0.4, -0.2) is 12.9 Å².